The van der Waals surface area contributed by atoms with Gasteiger partial charge in [-0.3, -0.25) is 4.79 Å². The van der Waals surface area contributed by atoms with E-state index >= 15 is 0 Å². The van der Waals surface area contributed by atoms with Crippen LogP contribution >= 0.6 is 15.9 Å². The van der Waals surface area contributed by atoms with Crippen LogP contribution in [-0.4, -0.2) is 12.1 Å². The molecular weight excluding hydrogens is 400 g/mol. The normalized spacial score (nSPS) is 17.6. The highest BCUT2D eigenvalue weighted by atomic mass is 79.9. The second kappa shape index (κ2) is 7.49. The minimum absolute atomic E-state index is 0.0473. The number of rotatable bonds is 5. The molecule has 1 N–H and O–H groups in total. The fourth-order valence-electron chi connectivity index (χ4n) is 3.69. The Morgan fingerprint density at radius 3 is 2.19 bits per heavy atom. The van der Waals surface area contributed by atoms with Gasteiger partial charge in [-0.1, -0.05) is 88.7 Å². The first-order valence-corrected chi connectivity index (χ1v) is 9.69. The molecule has 4 rings (SSSR count). The van der Waals surface area contributed by atoms with Crippen LogP contribution in [0.3, 0.4) is 0 Å². The first-order chi connectivity index (χ1) is 13.2. The Hall–Kier alpha value is -2.72. The number of carbonyl (C=O) groups is 1. The standard InChI is InChI=1S/C23H19BrN2O/c24-20-13-7-8-17(14-20)16-25-26-22(27)21-15-23(21,18-9-3-1-4-10-18)19-11-5-2-6-12-19/h1-14,16,21H,15H2,(H,26,27)/b25-16-/t21-/m0/s1. The van der Waals surface area contributed by atoms with Gasteiger partial charge in [-0.15, -0.1) is 0 Å². The summed E-state index contributed by atoms with van der Waals surface area (Å²) in [5.41, 5.74) is 5.73. The van der Waals surface area contributed by atoms with Crippen molar-refractivity contribution in [3.8, 4) is 0 Å². The second-order valence-corrected chi connectivity index (χ2v) is 7.67. The van der Waals surface area contributed by atoms with Crippen LogP contribution in [0, 0.1) is 5.92 Å². The van der Waals surface area contributed by atoms with Crippen molar-refractivity contribution in [2.24, 2.45) is 11.0 Å². The number of nitrogens with zero attached hydrogens (tertiary/aromatic N) is 1. The Morgan fingerprint density at radius 2 is 1.59 bits per heavy atom. The second-order valence-electron chi connectivity index (χ2n) is 6.75. The summed E-state index contributed by atoms with van der Waals surface area (Å²) in [6.07, 6.45) is 2.46. The Balaban J connectivity index is 1.54. The zero-order valence-corrected chi connectivity index (χ0v) is 16.3. The van der Waals surface area contributed by atoms with Crippen LogP contribution in [0.25, 0.3) is 0 Å². The number of carbonyl (C=O) groups excluding carboxylic acids is 1. The van der Waals surface area contributed by atoms with E-state index in [0.29, 0.717) is 0 Å². The molecule has 1 fully saturated rings. The molecule has 0 aliphatic heterocycles. The molecule has 3 aromatic rings. The molecule has 3 aromatic carbocycles. The first kappa shape index (κ1) is 17.7. The van der Waals surface area contributed by atoms with Crippen LogP contribution < -0.4 is 5.43 Å². The Bertz CT molecular complexity index is 930. The van der Waals surface area contributed by atoms with Crippen LogP contribution in [0.2, 0.25) is 0 Å². The number of hydrogen-bond donors (Lipinski definition) is 1. The topological polar surface area (TPSA) is 41.5 Å². The largest absolute Gasteiger partial charge is 0.273 e. The van der Waals surface area contributed by atoms with Gasteiger partial charge < -0.3 is 0 Å². The van der Waals surface area contributed by atoms with Crippen molar-refractivity contribution < 1.29 is 4.79 Å². The summed E-state index contributed by atoms with van der Waals surface area (Å²) in [7, 11) is 0. The molecule has 0 heterocycles. The molecule has 0 aromatic heterocycles. The summed E-state index contributed by atoms with van der Waals surface area (Å²) in [6.45, 7) is 0. The van der Waals surface area contributed by atoms with Crippen LogP contribution in [0.15, 0.2) is 94.5 Å². The molecule has 1 saturated carbocycles. The lowest BCUT2D eigenvalue weighted by Gasteiger charge is -2.18. The number of hydrogen-bond acceptors (Lipinski definition) is 2. The molecule has 3 nitrogen and oxygen atoms in total. The average Bonchev–Trinajstić information content (AvgIpc) is 3.47. The number of nitrogens with one attached hydrogen (secondary N) is 1. The average molecular weight is 419 g/mol. The monoisotopic (exact) mass is 418 g/mol. The summed E-state index contributed by atoms with van der Waals surface area (Å²) < 4.78 is 0.979. The molecule has 134 valence electrons. The van der Waals surface area contributed by atoms with Crippen molar-refractivity contribution in [2.75, 3.05) is 0 Å². The van der Waals surface area contributed by atoms with E-state index in [-0.39, 0.29) is 17.2 Å². The summed E-state index contributed by atoms with van der Waals surface area (Å²) in [4.78, 5) is 12.8. The highest BCUT2D eigenvalue weighted by Crippen LogP contribution is 2.58. The van der Waals surface area contributed by atoms with Gasteiger partial charge in [0.1, 0.15) is 0 Å². The van der Waals surface area contributed by atoms with Gasteiger partial charge in [0, 0.05) is 9.89 Å². The van der Waals surface area contributed by atoms with Crippen molar-refractivity contribution in [3.63, 3.8) is 0 Å². The Morgan fingerprint density at radius 1 is 0.963 bits per heavy atom. The lowest BCUT2D eigenvalue weighted by molar-refractivity contribution is -0.122. The van der Waals surface area contributed by atoms with E-state index in [1.54, 1.807) is 6.21 Å². The molecule has 1 atom stereocenters. The van der Waals surface area contributed by atoms with Crippen molar-refractivity contribution >= 4 is 28.1 Å². The molecule has 4 heteroatoms. The van der Waals surface area contributed by atoms with Crippen molar-refractivity contribution in [2.45, 2.75) is 11.8 Å². The smallest absolute Gasteiger partial charge is 0.244 e. The molecule has 0 radical (unpaired) electrons. The summed E-state index contributed by atoms with van der Waals surface area (Å²) in [5, 5.41) is 4.15. The molecular formula is C23H19BrN2O. The van der Waals surface area contributed by atoms with Gasteiger partial charge in [-0.2, -0.15) is 5.10 Å². The van der Waals surface area contributed by atoms with Crippen molar-refractivity contribution in [3.05, 3.63) is 106 Å². The van der Waals surface area contributed by atoms with Crippen molar-refractivity contribution in [1.29, 1.82) is 0 Å². The molecule has 0 saturated heterocycles. The predicted molar refractivity (Wildman–Crippen MR) is 112 cm³/mol. The molecule has 0 bridgehead atoms. The minimum Gasteiger partial charge on any atom is -0.273 e. The Labute approximate surface area is 167 Å². The van der Waals surface area contributed by atoms with E-state index in [2.05, 4.69) is 50.7 Å². The fourth-order valence-corrected chi connectivity index (χ4v) is 4.11. The van der Waals surface area contributed by atoms with Crippen molar-refractivity contribution in [1.82, 2.24) is 5.43 Å². The van der Waals surface area contributed by atoms with Gasteiger partial charge in [-0.05, 0) is 35.2 Å². The van der Waals surface area contributed by atoms with Gasteiger partial charge in [-0.25, -0.2) is 5.43 Å². The highest BCUT2D eigenvalue weighted by molar-refractivity contribution is 9.10. The lowest BCUT2D eigenvalue weighted by atomic mass is 9.85. The van der Waals surface area contributed by atoms with E-state index < -0.39 is 0 Å². The Kier molecular flexibility index (Phi) is 4.90. The van der Waals surface area contributed by atoms with E-state index in [4.69, 9.17) is 0 Å². The number of benzene rings is 3. The van der Waals surface area contributed by atoms with Crippen LogP contribution in [-0.2, 0) is 10.2 Å². The van der Waals surface area contributed by atoms with Gasteiger partial charge >= 0.3 is 0 Å². The quantitative estimate of drug-likeness (QED) is 0.464. The third-order valence-corrected chi connectivity index (χ3v) is 5.59. The molecule has 1 amide bonds. The maximum Gasteiger partial charge on any atom is 0.244 e. The maximum absolute atomic E-state index is 12.8. The molecule has 1 aliphatic rings. The van der Waals surface area contributed by atoms with E-state index in [9.17, 15) is 4.79 Å². The third kappa shape index (κ3) is 3.58. The summed E-state index contributed by atoms with van der Waals surface area (Å²) in [5.74, 6) is -0.170. The SMILES string of the molecule is O=C(N/N=C\c1cccc(Br)c1)[C@@H]1CC1(c1ccccc1)c1ccccc1. The van der Waals surface area contributed by atoms with Crippen LogP contribution in [0.1, 0.15) is 23.1 Å². The van der Waals surface area contributed by atoms with E-state index in [1.807, 2.05) is 60.7 Å². The maximum atomic E-state index is 12.8. The summed E-state index contributed by atoms with van der Waals surface area (Å²) >= 11 is 3.43. The van der Waals surface area contributed by atoms with Gasteiger partial charge in [0.15, 0.2) is 0 Å². The number of amides is 1. The fraction of sp³-hybridized carbons (Fsp3) is 0.130. The van der Waals surface area contributed by atoms with Gasteiger partial charge in [0.2, 0.25) is 5.91 Å². The number of hydrazone groups is 1. The first-order valence-electron chi connectivity index (χ1n) is 8.90. The number of halogens is 1. The van der Waals surface area contributed by atoms with E-state index in [0.717, 1.165) is 16.5 Å². The molecule has 27 heavy (non-hydrogen) atoms. The van der Waals surface area contributed by atoms with E-state index in [1.165, 1.54) is 11.1 Å². The lowest BCUT2D eigenvalue weighted by Crippen LogP contribution is -2.25. The van der Waals surface area contributed by atoms with Gasteiger partial charge in [0.05, 0.1) is 12.1 Å². The molecule has 1 aliphatic carbocycles. The zero-order chi connectivity index (χ0) is 18.7. The molecule has 0 spiro atoms. The summed E-state index contributed by atoms with van der Waals surface area (Å²) in [6, 6.07) is 28.3. The van der Waals surface area contributed by atoms with Crippen LogP contribution in [0.4, 0.5) is 0 Å². The van der Waals surface area contributed by atoms with Gasteiger partial charge in [0.25, 0.3) is 0 Å². The third-order valence-electron chi connectivity index (χ3n) is 5.09. The predicted octanol–water partition coefficient (Wildman–Crippen LogP) is 4.91. The minimum atomic E-state index is -0.266. The molecule has 0 unspecified atom stereocenters. The zero-order valence-electron chi connectivity index (χ0n) is 14.7. The van der Waals surface area contributed by atoms with Crippen LogP contribution in [0.5, 0.6) is 0 Å². The highest BCUT2D eigenvalue weighted by Gasteiger charge is 2.60.